The molecule has 0 amide bonds. The lowest BCUT2D eigenvalue weighted by Crippen LogP contribution is -2.29. The highest BCUT2D eigenvalue weighted by Crippen LogP contribution is 2.45. The number of hydrogen-bond acceptors (Lipinski definition) is 15. The van der Waals surface area contributed by atoms with Gasteiger partial charge in [-0.05, 0) is 154 Å². The Kier molecular flexibility index (Phi) is 72.8. The zero-order valence-electron chi connectivity index (χ0n) is 60.4. The number of hydrogen-bond donors (Lipinski definition) is 3. The van der Waals surface area contributed by atoms with Crippen LogP contribution in [0.5, 0.6) is 0 Å². The average molecular weight is 1400 g/mol. The van der Waals surface area contributed by atoms with Crippen molar-refractivity contribution in [3.8, 4) is 0 Å². The van der Waals surface area contributed by atoms with Crippen molar-refractivity contribution in [2.45, 2.75) is 346 Å². The van der Waals surface area contributed by atoms with E-state index in [-0.39, 0.29) is 26.2 Å². The molecule has 0 fully saturated rings. The van der Waals surface area contributed by atoms with Gasteiger partial charge in [0, 0.05) is 45.5 Å². The molecule has 3 N–H and O–H groups in total. The third kappa shape index (κ3) is 73.9. The van der Waals surface area contributed by atoms with Gasteiger partial charge in [0.2, 0.25) is 0 Å². The van der Waals surface area contributed by atoms with Crippen LogP contribution in [0.4, 0.5) is 0 Å². The molecule has 17 nitrogen and oxygen atoms in total. The van der Waals surface area contributed by atoms with Crippen LogP contribution in [-0.4, -0.2) is 117 Å². The predicted octanol–water partition coefficient (Wildman–Crippen LogP) is 20.8. The van der Waals surface area contributed by atoms with Crippen molar-refractivity contribution in [1.29, 1.82) is 0 Å². The fraction of sp³-hybridized carbons (Fsp3) is 0.818. The Hall–Kier alpha value is -2.76. The third-order valence-electron chi connectivity index (χ3n) is 16.5. The Labute approximate surface area is 584 Å². The van der Waals surface area contributed by atoms with E-state index in [1.807, 2.05) is 0 Å². The van der Waals surface area contributed by atoms with E-state index in [9.17, 15) is 43.2 Å². The van der Waals surface area contributed by atoms with Crippen molar-refractivity contribution in [1.82, 2.24) is 0 Å². The van der Waals surface area contributed by atoms with Gasteiger partial charge in [-0.2, -0.15) is 0 Å². The van der Waals surface area contributed by atoms with Gasteiger partial charge in [-0.15, -0.1) is 0 Å². The minimum Gasteiger partial charge on any atom is -0.457 e. The number of phosphoric ester groups is 2. The molecule has 0 aliphatic carbocycles. The van der Waals surface area contributed by atoms with Gasteiger partial charge in [0.15, 0.2) is 0 Å². The summed E-state index contributed by atoms with van der Waals surface area (Å²) < 4.78 is 70.5. The SMILES string of the molecule is CCCCC/C=C\C/C=C\CCCCCCCC(=O)O[C@H](COCCCCCCCCC/C=C\CCCCCCC=O)COP(=O)(O)OC[C@@H](O)COP(=O)(O)OC[C@@H](COCCCCCCC/C=C\CCCCCCC=O)OCCCCCCC/C=C\CCCCCCC=O. The molecule has 0 radical (unpaired) electrons. The van der Waals surface area contributed by atoms with E-state index < -0.39 is 59.7 Å². The standard InChI is InChI=1S/C77H140O17P2/c1-2-3-4-5-6-7-8-9-12-19-26-33-40-47-54-61-77(82)94-76(71-88-66-59-52-45-38-31-23-16-11-10-13-20-27-34-41-48-55-62-78)73-93-96(85,86)91-69-74(81)68-90-95(83,84)92-72-75(89-67-60-53-46-39-32-25-18-15-22-29-36-43-50-57-64-80)70-87-65-58-51-44-37-30-24-17-14-21-28-35-42-49-56-63-79/h6-7,9-10,12-15,17-18,62-64,74-76,81H,2-5,8,11,16,19-61,65-73H2,1H3,(H,83,84)(H,85,86)/b7-6-,12-9-,13-10-,17-14-,18-15-/t74-,75+,76+/m0/s1. The quantitative estimate of drug-likeness (QED) is 0.0169. The normalized spacial score (nSPS) is 14.4. The first-order valence-electron chi connectivity index (χ1n) is 38.4. The lowest BCUT2D eigenvalue weighted by atomic mass is 10.1. The molecule has 0 aromatic carbocycles. The molecular formula is C77H140O17P2. The Morgan fingerprint density at radius 2 is 0.615 bits per heavy atom. The number of ether oxygens (including phenoxy) is 4. The summed E-state index contributed by atoms with van der Waals surface area (Å²) >= 11 is 0. The van der Waals surface area contributed by atoms with Crippen LogP contribution in [0, 0.1) is 0 Å². The molecule has 0 aromatic heterocycles. The van der Waals surface area contributed by atoms with Crippen molar-refractivity contribution >= 4 is 40.5 Å². The van der Waals surface area contributed by atoms with Crippen LogP contribution in [0.3, 0.4) is 0 Å². The maximum atomic E-state index is 13.1. The molecule has 0 rings (SSSR count). The number of esters is 1. The largest absolute Gasteiger partial charge is 0.472 e. The summed E-state index contributed by atoms with van der Waals surface area (Å²) in [7, 11) is -9.57. The van der Waals surface area contributed by atoms with Crippen LogP contribution < -0.4 is 0 Å². The summed E-state index contributed by atoms with van der Waals surface area (Å²) in [5.41, 5.74) is 0. The number of aldehydes is 3. The number of aliphatic hydroxyl groups excluding tert-OH is 1. The highest BCUT2D eigenvalue weighted by molar-refractivity contribution is 7.47. The summed E-state index contributed by atoms with van der Waals surface area (Å²) in [6.45, 7) is 1.28. The maximum absolute atomic E-state index is 13.1. The topological polar surface area (TPSA) is 237 Å². The zero-order valence-corrected chi connectivity index (χ0v) is 62.2. The van der Waals surface area contributed by atoms with E-state index >= 15 is 0 Å². The van der Waals surface area contributed by atoms with E-state index in [1.54, 1.807) is 0 Å². The highest BCUT2D eigenvalue weighted by Gasteiger charge is 2.29. The van der Waals surface area contributed by atoms with Gasteiger partial charge in [0.05, 0.1) is 39.6 Å². The van der Waals surface area contributed by atoms with Gasteiger partial charge in [-0.25, -0.2) is 9.13 Å². The van der Waals surface area contributed by atoms with Crippen molar-refractivity contribution in [2.75, 3.05) is 59.5 Å². The smallest absolute Gasteiger partial charge is 0.457 e. The summed E-state index contributed by atoms with van der Waals surface area (Å²) in [6, 6.07) is 0. The molecule has 0 aliphatic rings. The first-order chi connectivity index (χ1) is 47.0. The van der Waals surface area contributed by atoms with E-state index in [1.165, 1.54) is 57.8 Å². The van der Waals surface area contributed by atoms with Crippen LogP contribution in [0.2, 0.25) is 0 Å². The van der Waals surface area contributed by atoms with Crippen molar-refractivity contribution in [3.63, 3.8) is 0 Å². The molecule has 5 atom stereocenters. The summed E-state index contributed by atoms with van der Waals surface area (Å²) in [5, 5.41) is 10.6. The van der Waals surface area contributed by atoms with E-state index in [0.29, 0.717) is 45.5 Å². The fourth-order valence-corrected chi connectivity index (χ4v) is 12.2. The van der Waals surface area contributed by atoms with Gasteiger partial charge in [-0.3, -0.25) is 22.9 Å². The molecule has 96 heavy (non-hydrogen) atoms. The van der Waals surface area contributed by atoms with Crippen molar-refractivity contribution in [2.24, 2.45) is 0 Å². The molecule has 0 spiro atoms. The molecule has 0 bridgehead atoms. The monoisotopic (exact) mass is 1400 g/mol. The molecule has 0 saturated carbocycles. The second-order valence-electron chi connectivity index (χ2n) is 25.8. The Morgan fingerprint density at radius 1 is 0.333 bits per heavy atom. The Bertz CT molecular complexity index is 1960. The van der Waals surface area contributed by atoms with Gasteiger partial charge in [0.1, 0.15) is 37.2 Å². The highest BCUT2D eigenvalue weighted by atomic mass is 31.2. The third-order valence-corrected chi connectivity index (χ3v) is 18.4. The molecular weight excluding hydrogens is 1260 g/mol. The van der Waals surface area contributed by atoms with Gasteiger partial charge >= 0.3 is 21.6 Å². The molecule has 560 valence electrons. The predicted molar refractivity (Wildman–Crippen MR) is 391 cm³/mol. The molecule has 0 saturated heterocycles. The first kappa shape index (κ1) is 93.2. The number of phosphoric acid groups is 2. The van der Waals surface area contributed by atoms with Gasteiger partial charge in [-0.1, -0.05) is 209 Å². The van der Waals surface area contributed by atoms with Crippen LogP contribution in [-0.2, 0) is 65.4 Å². The van der Waals surface area contributed by atoms with E-state index in [0.717, 1.165) is 250 Å². The molecule has 0 aromatic rings. The average Bonchev–Trinajstić information content (AvgIpc) is 2.96. The van der Waals surface area contributed by atoms with E-state index in [4.69, 9.17) is 37.0 Å². The van der Waals surface area contributed by atoms with Crippen LogP contribution in [0.1, 0.15) is 328 Å². The first-order valence-corrected chi connectivity index (χ1v) is 41.4. The second kappa shape index (κ2) is 74.9. The number of allylic oxidation sites excluding steroid dienone is 10. The van der Waals surface area contributed by atoms with Crippen LogP contribution >= 0.6 is 15.6 Å². The zero-order chi connectivity index (χ0) is 69.9. The fourth-order valence-electron chi connectivity index (χ4n) is 10.6. The lowest BCUT2D eigenvalue weighted by molar-refractivity contribution is -0.154. The van der Waals surface area contributed by atoms with Crippen molar-refractivity contribution < 1.29 is 80.2 Å². The molecule has 0 heterocycles. The maximum Gasteiger partial charge on any atom is 0.472 e. The van der Waals surface area contributed by atoms with E-state index in [2.05, 4.69) is 67.7 Å². The number of carbonyl (C=O) groups excluding carboxylic acids is 4. The number of aliphatic hydroxyl groups is 1. The second-order valence-corrected chi connectivity index (χ2v) is 28.7. The summed E-state index contributed by atoms with van der Waals surface area (Å²) in [4.78, 5) is 65.7. The Balaban J connectivity index is 5.13. The molecule has 0 aliphatic heterocycles. The molecule has 19 heteroatoms. The Morgan fingerprint density at radius 3 is 0.979 bits per heavy atom. The minimum absolute atomic E-state index is 0.0547. The van der Waals surface area contributed by atoms with Crippen molar-refractivity contribution in [3.05, 3.63) is 60.8 Å². The van der Waals surface area contributed by atoms with Gasteiger partial charge in [0.25, 0.3) is 0 Å². The number of rotatable bonds is 79. The van der Waals surface area contributed by atoms with Crippen LogP contribution in [0.25, 0.3) is 0 Å². The molecule has 2 unspecified atom stereocenters. The van der Waals surface area contributed by atoms with Crippen LogP contribution in [0.15, 0.2) is 60.8 Å². The lowest BCUT2D eigenvalue weighted by Gasteiger charge is -2.21. The van der Waals surface area contributed by atoms with Gasteiger partial charge < -0.3 is 48.2 Å². The summed E-state index contributed by atoms with van der Waals surface area (Å²) in [6.07, 6.45) is 73.7. The minimum atomic E-state index is -4.83. The number of unbranched alkanes of at least 4 members (excludes halogenated alkanes) is 40. The summed E-state index contributed by atoms with van der Waals surface area (Å²) in [5.74, 6) is -0.463. The number of carbonyl (C=O) groups is 4.